The molecular weight excluding hydrogens is 248 g/mol. The minimum Gasteiger partial charge on any atom is -0.436 e. The number of para-hydroxylation sites is 1. The summed E-state index contributed by atoms with van der Waals surface area (Å²) in [7, 11) is 0. The molecule has 2 aromatic carbocycles. The maximum Gasteiger partial charge on any atom is 0.229 e. The summed E-state index contributed by atoms with van der Waals surface area (Å²) < 4.78 is 5.87. The van der Waals surface area contributed by atoms with Crippen LogP contribution in [-0.4, -0.2) is 9.97 Å². The van der Waals surface area contributed by atoms with Gasteiger partial charge in [0.05, 0.1) is 11.1 Å². The Morgan fingerprint density at radius 2 is 1.90 bits per heavy atom. The van der Waals surface area contributed by atoms with Gasteiger partial charge in [0.1, 0.15) is 5.52 Å². The van der Waals surface area contributed by atoms with Crippen molar-refractivity contribution in [3.05, 3.63) is 60.3 Å². The Labute approximate surface area is 115 Å². The van der Waals surface area contributed by atoms with E-state index >= 15 is 0 Å². The Hall–Kier alpha value is -2.68. The molecule has 2 heterocycles. The lowest BCUT2D eigenvalue weighted by molar-refractivity contribution is 0.620. The summed E-state index contributed by atoms with van der Waals surface area (Å²) in [5.74, 6) is 0.620. The van der Waals surface area contributed by atoms with Crippen LogP contribution in [0.1, 0.15) is 5.56 Å². The smallest absolute Gasteiger partial charge is 0.229 e. The van der Waals surface area contributed by atoms with Crippen molar-refractivity contribution in [3.8, 4) is 11.5 Å². The van der Waals surface area contributed by atoms with Crippen molar-refractivity contribution in [2.45, 2.75) is 6.92 Å². The minimum absolute atomic E-state index is 0.620. The number of aryl methyl sites for hydroxylation is 1. The second-order valence-electron chi connectivity index (χ2n) is 4.87. The van der Waals surface area contributed by atoms with E-state index in [1.807, 2.05) is 55.5 Å². The fourth-order valence-electron chi connectivity index (χ4n) is 2.43. The van der Waals surface area contributed by atoms with Gasteiger partial charge in [-0.15, -0.1) is 0 Å². The first-order chi connectivity index (χ1) is 9.81. The zero-order valence-electron chi connectivity index (χ0n) is 11.0. The number of pyridine rings is 1. The van der Waals surface area contributed by atoms with E-state index in [0.29, 0.717) is 5.89 Å². The third-order valence-electron chi connectivity index (χ3n) is 3.41. The number of hydrogen-bond donors (Lipinski definition) is 0. The van der Waals surface area contributed by atoms with Crippen molar-refractivity contribution in [3.63, 3.8) is 0 Å². The number of fused-ring (bicyclic) bond motifs is 2. The van der Waals surface area contributed by atoms with Crippen LogP contribution in [0, 0.1) is 6.92 Å². The van der Waals surface area contributed by atoms with Crippen LogP contribution in [0.25, 0.3) is 33.5 Å². The molecule has 0 fully saturated rings. The highest BCUT2D eigenvalue weighted by atomic mass is 16.3. The first-order valence-corrected chi connectivity index (χ1v) is 6.52. The van der Waals surface area contributed by atoms with E-state index in [1.54, 1.807) is 6.20 Å². The van der Waals surface area contributed by atoms with Crippen molar-refractivity contribution in [1.82, 2.24) is 9.97 Å². The van der Waals surface area contributed by atoms with Crippen molar-refractivity contribution in [1.29, 1.82) is 0 Å². The lowest BCUT2D eigenvalue weighted by Crippen LogP contribution is -1.83. The van der Waals surface area contributed by atoms with Crippen LogP contribution < -0.4 is 0 Å². The van der Waals surface area contributed by atoms with Gasteiger partial charge in [-0.1, -0.05) is 24.3 Å². The third kappa shape index (κ3) is 1.67. The van der Waals surface area contributed by atoms with Gasteiger partial charge in [-0.3, -0.25) is 4.98 Å². The molecule has 3 heteroatoms. The SMILES string of the molecule is Cc1ccc2oc(-c3cccc4cccnc34)nc2c1. The Balaban J connectivity index is 2.01. The van der Waals surface area contributed by atoms with Gasteiger partial charge in [0.25, 0.3) is 0 Å². The second-order valence-corrected chi connectivity index (χ2v) is 4.87. The van der Waals surface area contributed by atoms with Crippen LogP contribution in [0.5, 0.6) is 0 Å². The molecule has 4 aromatic rings. The number of aromatic nitrogens is 2. The average molecular weight is 260 g/mol. The molecule has 0 aliphatic carbocycles. The standard InChI is InChI=1S/C17H12N2O/c1-11-7-8-15-14(10-11)19-17(20-15)13-6-2-4-12-5-3-9-18-16(12)13/h2-10H,1H3. The normalized spacial score (nSPS) is 11.2. The zero-order valence-corrected chi connectivity index (χ0v) is 11.0. The van der Waals surface area contributed by atoms with Gasteiger partial charge in [-0.25, -0.2) is 4.98 Å². The molecule has 96 valence electrons. The van der Waals surface area contributed by atoms with Crippen LogP contribution in [0.15, 0.2) is 59.1 Å². The molecule has 0 atom stereocenters. The fraction of sp³-hybridized carbons (Fsp3) is 0.0588. The monoisotopic (exact) mass is 260 g/mol. The van der Waals surface area contributed by atoms with Gasteiger partial charge in [0.15, 0.2) is 5.58 Å². The van der Waals surface area contributed by atoms with E-state index in [-0.39, 0.29) is 0 Å². The molecule has 2 aromatic heterocycles. The van der Waals surface area contributed by atoms with Crippen molar-refractivity contribution >= 4 is 22.0 Å². The lowest BCUT2D eigenvalue weighted by Gasteiger charge is -2.00. The highest BCUT2D eigenvalue weighted by Crippen LogP contribution is 2.29. The molecule has 3 nitrogen and oxygen atoms in total. The summed E-state index contributed by atoms with van der Waals surface area (Å²) in [4.78, 5) is 9.03. The number of rotatable bonds is 1. The van der Waals surface area contributed by atoms with Crippen molar-refractivity contribution in [2.75, 3.05) is 0 Å². The van der Waals surface area contributed by atoms with Gasteiger partial charge < -0.3 is 4.42 Å². The van der Waals surface area contributed by atoms with E-state index in [9.17, 15) is 0 Å². The average Bonchev–Trinajstić information content (AvgIpc) is 2.89. The van der Waals surface area contributed by atoms with E-state index in [0.717, 1.165) is 27.6 Å². The number of hydrogen-bond acceptors (Lipinski definition) is 3. The molecular formula is C17H12N2O. The second kappa shape index (κ2) is 4.17. The molecule has 0 unspecified atom stereocenters. The highest BCUT2D eigenvalue weighted by molar-refractivity contribution is 5.92. The predicted molar refractivity (Wildman–Crippen MR) is 79.5 cm³/mol. The Kier molecular flexibility index (Phi) is 2.33. The molecule has 0 aliphatic rings. The van der Waals surface area contributed by atoms with Crippen LogP contribution >= 0.6 is 0 Å². The first kappa shape index (κ1) is 11.2. The number of nitrogens with zero attached hydrogens (tertiary/aromatic N) is 2. The maximum atomic E-state index is 5.87. The summed E-state index contributed by atoms with van der Waals surface area (Å²) in [5, 5.41) is 1.09. The molecule has 0 aliphatic heterocycles. The molecule has 0 bridgehead atoms. The van der Waals surface area contributed by atoms with Gasteiger partial charge in [-0.2, -0.15) is 0 Å². The van der Waals surface area contributed by atoms with Crippen LogP contribution in [-0.2, 0) is 0 Å². The van der Waals surface area contributed by atoms with E-state index in [2.05, 4.69) is 9.97 Å². The molecule has 0 N–H and O–H groups in total. The molecule has 0 radical (unpaired) electrons. The van der Waals surface area contributed by atoms with E-state index < -0.39 is 0 Å². The van der Waals surface area contributed by atoms with Gasteiger partial charge in [-0.05, 0) is 36.8 Å². The van der Waals surface area contributed by atoms with Gasteiger partial charge >= 0.3 is 0 Å². The summed E-state index contributed by atoms with van der Waals surface area (Å²) in [6, 6.07) is 16.0. The topological polar surface area (TPSA) is 38.9 Å². The maximum absolute atomic E-state index is 5.87. The number of benzene rings is 2. The zero-order chi connectivity index (χ0) is 13.5. The molecule has 0 saturated carbocycles. The Bertz CT molecular complexity index is 919. The molecule has 20 heavy (non-hydrogen) atoms. The molecule has 0 amide bonds. The summed E-state index contributed by atoms with van der Waals surface area (Å²) in [6.45, 7) is 2.05. The van der Waals surface area contributed by atoms with E-state index in [1.165, 1.54) is 5.56 Å². The van der Waals surface area contributed by atoms with Gasteiger partial charge in [0, 0.05) is 11.6 Å². The molecule has 4 rings (SSSR count). The molecule has 0 spiro atoms. The molecule has 0 saturated heterocycles. The summed E-state index contributed by atoms with van der Waals surface area (Å²) in [5.41, 5.74) is 4.70. The highest BCUT2D eigenvalue weighted by Gasteiger charge is 2.11. The summed E-state index contributed by atoms with van der Waals surface area (Å²) >= 11 is 0. The van der Waals surface area contributed by atoms with Crippen LogP contribution in [0.3, 0.4) is 0 Å². The van der Waals surface area contributed by atoms with E-state index in [4.69, 9.17) is 4.42 Å². The number of oxazole rings is 1. The lowest BCUT2D eigenvalue weighted by atomic mass is 10.1. The first-order valence-electron chi connectivity index (χ1n) is 6.52. The third-order valence-corrected chi connectivity index (χ3v) is 3.41. The van der Waals surface area contributed by atoms with Crippen LogP contribution in [0.4, 0.5) is 0 Å². The fourth-order valence-corrected chi connectivity index (χ4v) is 2.43. The predicted octanol–water partition coefficient (Wildman–Crippen LogP) is 4.35. The quantitative estimate of drug-likeness (QED) is 0.510. The Morgan fingerprint density at radius 3 is 2.85 bits per heavy atom. The van der Waals surface area contributed by atoms with Crippen LogP contribution in [0.2, 0.25) is 0 Å². The van der Waals surface area contributed by atoms with Crippen molar-refractivity contribution < 1.29 is 4.42 Å². The minimum atomic E-state index is 0.620. The summed E-state index contributed by atoms with van der Waals surface area (Å²) in [6.07, 6.45) is 1.79. The van der Waals surface area contributed by atoms with Gasteiger partial charge in [0.2, 0.25) is 5.89 Å². The largest absolute Gasteiger partial charge is 0.436 e. The Morgan fingerprint density at radius 1 is 1.00 bits per heavy atom. The van der Waals surface area contributed by atoms with Crippen molar-refractivity contribution in [2.24, 2.45) is 0 Å².